The van der Waals surface area contributed by atoms with Gasteiger partial charge in [-0.1, -0.05) is 17.3 Å². The van der Waals surface area contributed by atoms with Crippen LogP contribution in [-0.4, -0.2) is 40.3 Å². The van der Waals surface area contributed by atoms with Gasteiger partial charge in [-0.05, 0) is 30.5 Å². The van der Waals surface area contributed by atoms with Gasteiger partial charge in [-0.25, -0.2) is 4.79 Å². The molecule has 2 aromatic rings. The van der Waals surface area contributed by atoms with Crippen molar-refractivity contribution >= 4 is 28.3 Å². The maximum Gasteiger partial charge on any atom is 0.354 e. The second kappa shape index (κ2) is 6.23. The van der Waals surface area contributed by atoms with E-state index in [0.717, 1.165) is 16.5 Å². The number of aliphatic hydroxyl groups is 1. The first-order chi connectivity index (χ1) is 10.1. The third-order valence-corrected chi connectivity index (χ3v) is 3.20. The second-order valence-corrected chi connectivity index (χ2v) is 4.41. The van der Waals surface area contributed by atoms with E-state index in [1.807, 2.05) is 18.2 Å². The molecule has 0 fully saturated rings. The lowest BCUT2D eigenvalue weighted by Crippen LogP contribution is -2.10. The Labute approximate surface area is 121 Å². The first-order valence-electron chi connectivity index (χ1n) is 6.32. The molecule has 2 rings (SSSR count). The van der Waals surface area contributed by atoms with Crippen molar-refractivity contribution in [2.45, 2.75) is 6.92 Å². The van der Waals surface area contributed by atoms with Gasteiger partial charge in [-0.3, -0.25) is 0 Å². The van der Waals surface area contributed by atoms with Crippen molar-refractivity contribution in [3.63, 3.8) is 0 Å². The Morgan fingerprint density at radius 3 is 2.81 bits per heavy atom. The summed E-state index contributed by atoms with van der Waals surface area (Å²) in [5, 5.41) is 22.0. The number of carbonyl (C=O) groups is 1. The van der Waals surface area contributed by atoms with Crippen LogP contribution in [0.4, 0.5) is 0 Å². The molecular weight excluding hydrogens is 272 g/mol. The molecule has 0 amide bonds. The van der Waals surface area contributed by atoms with Gasteiger partial charge < -0.3 is 19.6 Å². The number of fused-ring (bicyclic) bond motifs is 1. The van der Waals surface area contributed by atoms with Gasteiger partial charge in [0.15, 0.2) is 0 Å². The van der Waals surface area contributed by atoms with Crippen LogP contribution in [0.25, 0.3) is 16.6 Å². The fourth-order valence-electron chi connectivity index (χ4n) is 2.09. The van der Waals surface area contributed by atoms with Gasteiger partial charge in [-0.2, -0.15) is 0 Å². The molecule has 1 heterocycles. The highest BCUT2D eigenvalue weighted by molar-refractivity contribution is 6.12. The predicted octanol–water partition coefficient (Wildman–Crippen LogP) is 1.85. The van der Waals surface area contributed by atoms with Gasteiger partial charge in [0.1, 0.15) is 5.70 Å². The third kappa shape index (κ3) is 2.80. The summed E-state index contributed by atoms with van der Waals surface area (Å²) in [7, 11) is 1.28. The number of methoxy groups -OCH3 is 1. The Morgan fingerprint density at radius 1 is 1.43 bits per heavy atom. The molecule has 0 bridgehead atoms. The van der Waals surface area contributed by atoms with Gasteiger partial charge in [0.25, 0.3) is 0 Å². The van der Waals surface area contributed by atoms with Crippen molar-refractivity contribution < 1.29 is 19.8 Å². The number of rotatable bonds is 4. The summed E-state index contributed by atoms with van der Waals surface area (Å²) in [6.07, 6.45) is 3.10. The van der Waals surface area contributed by atoms with Crippen LogP contribution in [0.5, 0.6) is 0 Å². The number of nitrogens with zero attached hydrogens (tertiary/aromatic N) is 2. The summed E-state index contributed by atoms with van der Waals surface area (Å²) in [6, 6.07) is 7.34. The molecule has 1 aromatic heterocycles. The summed E-state index contributed by atoms with van der Waals surface area (Å²) in [6.45, 7) is 1.40. The molecule has 0 spiro atoms. The summed E-state index contributed by atoms with van der Waals surface area (Å²) in [5.41, 5.74) is 2.18. The Morgan fingerprint density at radius 2 is 2.19 bits per heavy atom. The molecule has 0 atom stereocenters. The predicted molar refractivity (Wildman–Crippen MR) is 79.3 cm³/mol. The fraction of sp³-hybridized carbons (Fsp3) is 0.200. The number of aromatic nitrogens is 1. The van der Waals surface area contributed by atoms with Crippen LogP contribution >= 0.6 is 0 Å². The topological polar surface area (TPSA) is 84.0 Å². The highest BCUT2D eigenvalue weighted by Gasteiger charge is 2.14. The quantitative estimate of drug-likeness (QED) is 0.296. The van der Waals surface area contributed by atoms with Crippen molar-refractivity contribution in [3.05, 3.63) is 42.1 Å². The summed E-state index contributed by atoms with van der Waals surface area (Å²) in [4.78, 5) is 11.8. The summed E-state index contributed by atoms with van der Waals surface area (Å²) >= 11 is 0. The lowest BCUT2D eigenvalue weighted by Gasteiger charge is -2.09. The number of carbonyl (C=O) groups excluding carboxylic acids is 1. The van der Waals surface area contributed by atoms with Crippen LogP contribution in [-0.2, 0) is 9.53 Å². The maximum absolute atomic E-state index is 11.8. The third-order valence-electron chi connectivity index (χ3n) is 3.20. The molecular formula is C15H16N2O4. The molecule has 110 valence electrons. The zero-order valence-electron chi connectivity index (χ0n) is 11.8. The standard InChI is InChI=1S/C15H16N2O4/c1-10(16-20)12-4-3-11-5-7-17(14(11)9-12)13(6-8-18)15(19)21-2/h3-7,9,18,20H,8H2,1-2H3/b13-6-,16-10+. The van der Waals surface area contributed by atoms with Crippen LogP contribution in [0.3, 0.4) is 0 Å². The Hall–Kier alpha value is -2.60. The van der Waals surface area contributed by atoms with Crippen LogP contribution < -0.4 is 0 Å². The first kappa shape index (κ1) is 14.8. The molecule has 6 nitrogen and oxygen atoms in total. The average Bonchev–Trinajstić information content (AvgIpc) is 2.93. The van der Waals surface area contributed by atoms with Crippen LogP contribution in [0, 0.1) is 0 Å². The zero-order chi connectivity index (χ0) is 15.4. The van der Waals surface area contributed by atoms with Crippen LogP contribution in [0.15, 0.2) is 41.7 Å². The van der Waals surface area contributed by atoms with E-state index in [-0.39, 0.29) is 12.3 Å². The Bertz CT molecular complexity index is 728. The largest absolute Gasteiger partial charge is 0.464 e. The van der Waals surface area contributed by atoms with Crippen LogP contribution in [0.1, 0.15) is 12.5 Å². The minimum Gasteiger partial charge on any atom is -0.464 e. The fourth-order valence-corrected chi connectivity index (χ4v) is 2.09. The minimum absolute atomic E-state index is 0.228. The summed E-state index contributed by atoms with van der Waals surface area (Å²) in [5.74, 6) is -0.542. The molecule has 0 radical (unpaired) electrons. The molecule has 0 aliphatic rings. The number of benzene rings is 1. The normalized spacial score (nSPS) is 12.7. The molecule has 0 saturated heterocycles. The highest BCUT2D eigenvalue weighted by atomic mass is 16.5. The molecule has 0 saturated carbocycles. The van der Waals surface area contributed by atoms with E-state index in [1.54, 1.807) is 23.8 Å². The molecule has 0 aliphatic carbocycles. The lowest BCUT2D eigenvalue weighted by molar-refractivity contribution is -0.134. The molecule has 1 aromatic carbocycles. The number of hydrogen-bond donors (Lipinski definition) is 2. The van der Waals surface area contributed by atoms with E-state index in [1.165, 1.54) is 13.2 Å². The second-order valence-electron chi connectivity index (χ2n) is 4.41. The Kier molecular flexibility index (Phi) is 4.39. The first-order valence-corrected chi connectivity index (χ1v) is 6.32. The van der Waals surface area contributed by atoms with Crippen LogP contribution in [0.2, 0.25) is 0 Å². The van der Waals surface area contributed by atoms with E-state index in [0.29, 0.717) is 5.71 Å². The van der Waals surface area contributed by atoms with Gasteiger partial charge in [0.05, 0.1) is 24.9 Å². The van der Waals surface area contributed by atoms with E-state index in [9.17, 15) is 4.79 Å². The van der Waals surface area contributed by atoms with E-state index in [4.69, 9.17) is 15.1 Å². The SMILES string of the molecule is COC(=O)/C(=C/CO)n1ccc2ccc(/C(C)=N/O)cc21. The van der Waals surface area contributed by atoms with Gasteiger partial charge >= 0.3 is 5.97 Å². The van der Waals surface area contributed by atoms with Gasteiger partial charge in [0.2, 0.25) is 0 Å². The van der Waals surface area contributed by atoms with E-state index < -0.39 is 5.97 Å². The van der Waals surface area contributed by atoms with Crippen molar-refractivity contribution in [1.29, 1.82) is 0 Å². The highest BCUT2D eigenvalue weighted by Crippen LogP contribution is 2.22. The molecule has 0 unspecified atom stereocenters. The maximum atomic E-state index is 11.8. The molecule has 0 aliphatic heterocycles. The van der Waals surface area contributed by atoms with Crippen molar-refractivity contribution in [1.82, 2.24) is 4.57 Å². The zero-order valence-corrected chi connectivity index (χ0v) is 11.8. The number of esters is 1. The van der Waals surface area contributed by atoms with Crippen molar-refractivity contribution in [2.24, 2.45) is 5.16 Å². The number of ether oxygens (including phenoxy) is 1. The van der Waals surface area contributed by atoms with E-state index in [2.05, 4.69) is 5.16 Å². The molecule has 6 heteroatoms. The average molecular weight is 288 g/mol. The number of oxime groups is 1. The number of hydrogen-bond acceptors (Lipinski definition) is 5. The minimum atomic E-state index is -0.542. The van der Waals surface area contributed by atoms with Gasteiger partial charge in [0, 0.05) is 11.8 Å². The Balaban J connectivity index is 2.63. The van der Waals surface area contributed by atoms with Gasteiger partial charge in [-0.15, -0.1) is 0 Å². The van der Waals surface area contributed by atoms with Crippen molar-refractivity contribution in [3.8, 4) is 0 Å². The van der Waals surface area contributed by atoms with E-state index >= 15 is 0 Å². The summed E-state index contributed by atoms with van der Waals surface area (Å²) < 4.78 is 6.36. The molecule has 2 N–H and O–H groups in total. The monoisotopic (exact) mass is 288 g/mol. The smallest absolute Gasteiger partial charge is 0.354 e. The van der Waals surface area contributed by atoms with Crippen molar-refractivity contribution in [2.75, 3.05) is 13.7 Å². The number of aliphatic hydroxyl groups excluding tert-OH is 1. The molecule has 21 heavy (non-hydrogen) atoms. The lowest BCUT2D eigenvalue weighted by atomic mass is 10.1.